The van der Waals surface area contributed by atoms with Gasteiger partial charge in [0, 0.05) is 0 Å². The predicted molar refractivity (Wildman–Crippen MR) is 121 cm³/mol. The molecule has 0 spiro atoms. The van der Waals surface area contributed by atoms with Crippen LogP contribution in [0.4, 0.5) is 11.6 Å². The second kappa shape index (κ2) is 9.34. The van der Waals surface area contributed by atoms with E-state index in [1.54, 1.807) is 12.1 Å². The number of fused-ring (bicyclic) bond motifs is 2. The van der Waals surface area contributed by atoms with Crippen LogP contribution in [0.15, 0.2) is 72.4 Å². The van der Waals surface area contributed by atoms with Crippen molar-refractivity contribution in [1.82, 2.24) is 20.3 Å². The van der Waals surface area contributed by atoms with Gasteiger partial charge in [-0.3, -0.25) is 9.59 Å². The van der Waals surface area contributed by atoms with Crippen molar-refractivity contribution in [3.8, 4) is 0 Å². The zero-order chi connectivity index (χ0) is 22.6. The Labute approximate surface area is 193 Å². The van der Waals surface area contributed by atoms with Crippen LogP contribution < -0.4 is 10.6 Å². The number of nitrogens with one attached hydrogen (secondary N) is 2. The number of hydrogen-bond donors (Lipinski definition) is 2. The van der Waals surface area contributed by atoms with E-state index in [0.29, 0.717) is 32.6 Å². The Hall–Kier alpha value is -3.84. The van der Waals surface area contributed by atoms with Crippen LogP contribution in [0.25, 0.3) is 22.2 Å². The molecule has 0 fully saturated rings. The second-order valence-electron chi connectivity index (χ2n) is 6.53. The van der Waals surface area contributed by atoms with E-state index in [4.69, 9.17) is 8.83 Å². The molecule has 2 N–H and O–H groups in total. The largest absolute Gasteiger partial charge is 0.431 e. The summed E-state index contributed by atoms with van der Waals surface area (Å²) in [5, 5.41) is 13.1. The molecule has 0 aliphatic rings. The molecule has 2 amide bonds. The number of anilines is 2. The van der Waals surface area contributed by atoms with Gasteiger partial charge in [-0.1, -0.05) is 47.8 Å². The van der Waals surface area contributed by atoms with E-state index in [9.17, 15) is 9.59 Å². The highest BCUT2D eigenvalue weighted by atomic mass is 32.2. The van der Waals surface area contributed by atoms with E-state index in [1.807, 2.05) is 36.4 Å². The number of benzene rings is 2. The summed E-state index contributed by atoms with van der Waals surface area (Å²) in [5.74, 6) is -0.762. The maximum atomic E-state index is 12.3. The Balaban J connectivity index is 1.13. The summed E-state index contributed by atoms with van der Waals surface area (Å²) in [7, 11) is 0. The normalized spacial score (nSPS) is 11.2. The summed E-state index contributed by atoms with van der Waals surface area (Å²) >= 11 is 2.25. The van der Waals surface area contributed by atoms with Crippen LogP contribution in [-0.4, -0.2) is 43.6 Å². The minimum Gasteiger partial charge on any atom is -0.431 e. The molecule has 0 aliphatic carbocycles. The number of carbonyl (C=O) groups is 2. The number of thioether (sulfide) groups is 2. The van der Waals surface area contributed by atoms with Gasteiger partial charge in [0.05, 0.1) is 11.5 Å². The third-order valence-corrected chi connectivity index (χ3v) is 5.86. The van der Waals surface area contributed by atoms with Crippen LogP contribution in [0, 0.1) is 0 Å². The van der Waals surface area contributed by atoms with Gasteiger partial charge in [0.1, 0.15) is 11.0 Å². The monoisotopic (exact) mass is 482 g/mol. The fraction of sp³-hybridized carbons (Fsp3) is 0.100. The lowest BCUT2D eigenvalue weighted by atomic mass is 10.3. The summed E-state index contributed by atoms with van der Waals surface area (Å²) < 4.78 is 15.8. The van der Waals surface area contributed by atoms with Gasteiger partial charge in [-0.2, -0.15) is 0 Å². The van der Waals surface area contributed by atoms with Gasteiger partial charge in [-0.25, -0.2) is 14.6 Å². The average Bonchev–Trinajstić information content (AvgIpc) is 3.54. The Morgan fingerprint density at radius 3 is 1.64 bits per heavy atom. The van der Waals surface area contributed by atoms with Gasteiger partial charge in [0.2, 0.25) is 23.5 Å². The molecule has 0 atom stereocenters. The summed E-state index contributed by atoms with van der Waals surface area (Å²) in [4.78, 5) is 33.2. The number of amides is 2. The molecule has 0 bridgehead atoms. The number of para-hydroxylation sites is 4. The molecule has 5 rings (SSSR count). The Kier molecular flexibility index (Phi) is 5.95. The van der Waals surface area contributed by atoms with Crippen LogP contribution in [0.2, 0.25) is 0 Å². The fourth-order valence-corrected chi connectivity index (χ4v) is 4.05. The number of hydrogen-bond acceptors (Lipinski definition) is 11. The van der Waals surface area contributed by atoms with Gasteiger partial charge < -0.3 is 19.5 Å². The van der Waals surface area contributed by atoms with E-state index >= 15 is 0 Å². The quantitative estimate of drug-likeness (QED) is 0.311. The molecule has 0 aliphatic heterocycles. The highest BCUT2D eigenvalue weighted by Gasteiger charge is 2.18. The Bertz CT molecular complexity index is 1270. The Morgan fingerprint density at radius 1 is 0.727 bits per heavy atom. The third kappa shape index (κ3) is 4.99. The molecular formula is C20H14N6O5S2. The SMILES string of the molecule is O=C(CSc1nc2ccccc2o1)Nc1nonc1NC(=O)CSc1nc2ccccc2o1. The third-order valence-electron chi connectivity index (χ3n) is 4.21. The molecule has 5 aromatic rings. The molecule has 0 radical (unpaired) electrons. The molecule has 0 saturated carbocycles. The number of carbonyl (C=O) groups excluding carboxylic acids is 2. The number of nitrogens with zero attached hydrogens (tertiary/aromatic N) is 4. The zero-order valence-electron chi connectivity index (χ0n) is 16.7. The summed E-state index contributed by atoms with van der Waals surface area (Å²) in [6, 6.07) is 14.6. The number of aromatic nitrogens is 4. The summed E-state index contributed by atoms with van der Waals surface area (Å²) in [6.45, 7) is 0. The van der Waals surface area contributed by atoms with E-state index in [2.05, 4.69) is 35.5 Å². The lowest BCUT2D eigenvalue weighted by molar-refractivity contribution is -0.114. The first kappa shape index (κ1) is 21.0. The van der Waals surface area contributed by atoms with Gasteiger partial charge >= 0.3 is 0 Å². The van der Waals surface area contributed by atoms with Crippen molar-refractivity contribution in [2.24, 2.45) is 0 Å². The molecule has 0 unspecified atom stereocenters. The topological polar surface area (TPSA) is 149 Å². The minimum atomic E-state index is -0.394. The van der Waals surface area contributed by atoms with Gasteiger partial charge in [0.25, 0.3) is 10.4 Å². The van der Waals surface area contributed by atoms with Crippen LogP contribution in [0.3, 0.4) is 0 Å². The Morgan fingerprint density at radius 2 is 1.18 bits per heavy atom. The lowest BCUT2D eigenvalue weighted by Gasteiger charge is -2.03. The first-order valence-corrected chi connectivity index (χ1v) is 11.5. The van der Waals surface area contributed by atoms with Crippen molar-refractivity contribution in [3.63, 3.8) is 0 Å². The zero-order valence-corrected chi connectivity index (χ0v) is 18.3. The van der Waals surface area contributed by atoms with E-state index < -0.39 is 11.8 Å². The highest BCUT2D eigenvalue weighted by molar-refractivity contribution is 8.00. The van der Waals surface area contributed by atoms with Crippen molar-refractivity contribution in [3.05, 3.63) is 48.5 Å². The van der Waals surface area contributed by atoms with Crippen LogP contribution in [0.5, 0.6) is 0 Å². The summed E-state index contributed by atoms with van der Waals surface area (Å²) in [5.41, 5.74) is 2.70. The maximum Gasteiger partial charge on any atom is 0.257 e. The highest BCUT2D eigenvalue weighted by Crippen LogP contribution is 2.25. The van der Waals surface area contributed by atoms with Crippen molar-refractivity contribution in [1.29, 1.82) is 0 Å². The number of rotatable bonds is 8. The molecule has 33 heavy (non-hydrogen) atoms. The smallest absolute Gasteiger partial charge is 0.257 e. The molecule has 2 aromatic carbocycles. The molecule has 13 heteroatoms. The first-order chi connectivity index (χ1) is 16.1. The van der Waals surface area contributed by atoms with Crippen molar-refractivity contribution in [2.75, 3.05) is 22.1 Å². The van der Waals surface area contributed by atoms with Gasteiger partial charge in [-0.05, 0) is 34.6 Å². The minimum absolute atomic E-state index is 0.00150. The summed E-state index contributed by atoms with van der Waals surface area (Å²) in [6.07, 6.45) is 0. The van der Waals surface area contributed by atoms with Gasteiger partial charge in [0.15, 0.2) is 11.2 Å². The molecule has 0 saturated heterocycles. The van der Waals surface area contributed by atoms with Crippen LogP contribution >= 0.6 is 23.5 Å². The molecule has 3 heterocycles. The first-order valence-electron chi connectivity index (χ1n) is 9.53. The molecule has 11 nitrogen and oxygen atoms in total. The predicted octanol–water partition coefficient (Wildman–Crippen LogP) is 3.81. The van der Waals surface area contributed by atoms with E-state index in [-0.39, 0.29) is 23.1 Å². The van der Waals surface area contributed by atoms with E-state index in [1.165, 1.54) is 0 Å². The molecule has 166 valence electrons. The second-order valence-corrected chi connectivity index (χ2v) is 8.38. The number of oxazole rings is 2. The van der Waals surface area contributed by atoms with E-state index in [0.717, 1.165) is 23.5 Å². The van der Waals surface area contributed by atoms with Crippen LogP contribution in [-0.2, 0) is 9.59 Å². The van der Waals surface area contributed by atoms with Crippen LogP contribution in [0.1, 0.15) is 0 Å². The van der Waals surface area contributed by atoms with Crippen molar-refractivity contribution in [2.45, 2.75) is 10.4 Å². The molecule has 3 aromatic heterocycles. The molecular weight excluding hydrogens is 468 g/mol. The van der Waals surface area contributed by atoms with Crippen molar-refractivity contribution >= 4 is 69.2 Å². The lowest BCUT2D eigenvalue weighted by Crippen LogP contribution is -2.19. The average molecular weight is 483 g/mol. The standard InChI is InChI=1S/C20H14N6O5S2/c27-15(9-32-19-21-11-5-1-3-7-13(11)29-19)23-17-18(26-31-25-17)24-16(28)10-33-20-22-12-6-2-4-8-14(12)30-20/h1-8H,9-10H2,(H,23,25,27)(H,24,26,28). The van der Waals surface area contributed by atoms with Crippen molar-refractivity contribution < 1.29 is 23.1 Å². The maximum absolute atomic E-state index is 12.3. The fourth-order valence-electron chi connectivity index (χ4n) is 2.77. The van der Waals surface area contributed by atoms with Gasteiger partial charge in [-0.15, -0.1) is 0 Å².